The fourth-order valence-electron chi connectivity index (χ4n) is 1.82. The van der Waals surface area contributed by atoms with Gasteiger partial charge >= 0.3 is 5.97 Å². The second-order valence-electron chi connectivity index (χ2n) is 4.47. The third kappa shape index (κ3) is 2.82. The van der Waals surface area contributed by atoms with Crippen LogP contribution in [0.2, 0.25) is 0 Å². The summed E-state index contributed by atoms with van der Waals surface area (Å²) in [6.45, 7) is 3.33. The lowest BCUT2D eigenvalue weighted by molar-refractivity contribution is 0.0697. The van der Waals surface area contributed by atoms with E-state index in [4.69, 9.17) is 10.8 Å². The largest absolute Gasteiger partial charge is 0.478 e. The molecule has 9 heteroatoms. The minimum absolute atomic E-state index is 0.0814. The van der Waals surface area contributed by atoms with Gasteiger partial charge in [-0.2, -0.15) is 5.10 Å². The van der Waals surface area contributed by atoms with E-state index in [2.05, 4.69) is 14.9 Å². The Balaban J connectivity index is 2.43. The Hall–Kier alpha value is -2.55. The predicted molar refractivity (Wildman–Crippen MR) is 76.7 cm³/mol. The van der Waals surface area contributed by atoms with E-state index in [1.165, 1.54) is 6.07 Å². The molecule has 8 nitrogen and oxygen atoms in total. The molecule has 5 N–H and O–H groups in total. The number of nitrogens with zero attached hydrogens (tertiary/aromatic N) is 1. The molecule has 112 valence electrons. The van der Waals surface area contributed by atoms with Crippen molar-refractivity contribution in [3.8, 4) is 0 Å². The third-order valence-corrected chi connectivity index (χ3v) is 4.33. The molecule has 0 aliphatic rings. The van der Waals surface area contributed by atoms with Gasteiger partial charge in [-0.25, -0.2) is 13.2 Å². The summed E-state index contributed by atoms with van der Waals surface area (Å²) >= 11 is 0. The number of nitrogens with one attached hydrogen (secondary N) is 2. The molecule has 21 heavy (non-hydrogen) atoms. The molecule has 0 saturated heterocycles. The van der Waals surface area contributed by atoms with Crippen LogP contribution in [0, 0.1) is 13.8 Å². The summed E-state index contributed by atoms with van der Waals surface area (Å²) < 4.78 is 27.0. The van der Waals surface area contributed by atoms with E-state index < -0.39 is 16.0 Å². The molecular formula is C12H14N4O4S. The molecule has 2 rings (SSSR count). The first-order valence-electron chi connectivity index (χ1n) is 5.89. The lowest BCUT2D eigenvalue weighted by atomic mass is 10.2. The topological polar surface area (TPSA) is 138 Å². The van der Waals surface area contributed by atoms with E-state index in [1.54, 1.807) is 13.8 Å². The van der Waals surface area contributed by atoms with Gasteiger partial charge in [0.1, 0.15) is 4.90 Å². The standard InChI is InChI=1S/C12H14N4O4S/c1-6-11(7(2)15-14-6)16-21(19,20)10-4-3-8(12(17)18)5-9(10)13/h3-5,16H,13H2,1-2H3,(H,14,15)(H,17,18). The molecule has 0 aliphatic heterocycles. The molecule has 0 spiro atoms. The third-order valence-electron chi connectivity index (χ3n) is 2.91. The van der Waals surface area contributed by atoms with Crippen molar-refractivity contribution in [3.05, 3.63) is 35.2 Å². The van der Waals surface area contributed by atoms with Crippen LogP contribution in [0.15, 0.2) is 23.1 Å². The first-order chi connectivity index (χ1) is 9.72. The highest BCUT2D eigenvalue weighted by atomic mass is 32.2. The van der Waals surface area contributed by atoms with Crippen LogP contribution in [-0.4, -0.2) is 29.7 Å². The molecule has 0 amide bonds. The summed E-state index contributed by atoms with van der Waals surface area (Å²) in [5.41, 5.74) is 6.83. The number of H-pyrrole nitrogens is 1. The Morgan fingerprint density at radius 1 is 1.38 bits per heavy atom. The van der Waals surface area contributed by atoms with Gasteiger partial charge < -0.3 is 10.8 Å². The Bertz CT molecular complexity index is 791. The predicted octanol–water partition coefficient (Wildman–Crippen LogP) is 1.11. The minimum Gasteiger partial charge on any atom is -0.478 e. The van der Waals surface area contributed by atoms with Crippen LogP contribution in [0.5, 0.6) is 0 Å². The van der Waals surface area contributed by atoms with Gasteiger partial charge in [0.05, 0.1) is 28.3 Å². The first-order valence-corrected chi connectivity index (χ1v) is 7.38. The number of carboxylic acid groups (broad SMARTS) is 1. The summed E-state index contributed by atoms with van der Waals surface area (Å²) in [5.74, 6) is -1.18. The van der Waals surface area contributed by atoms with Gasteiger partial charge in [-0.1, -0.05) is 0 Å². The molecule has 0 bridgehead atoms. The highest BCUT2D eigenvalue weighted by Crippen LogP contribution is 2.25. The highest BCUT2D eigenvalue weighted by Gasteiger charge is 2.21. The Labute approximate surface area is 121 Å². The second-order valence-corrected chi connectivity index (χ2v) is 6.12. The fourth-order valence-corrected chi connectivity index (χ4v) is 3.11. The van der Waals surface area contributed by atoms with Crippen LogP contribution in [0.3, 0.4) is 0 Å². The van der Waals surface area contributed by atoms with Crippen LogP contribution in [0.4, 0.5) is 11.4 Å². The van der Waals surface area contributed by atoms with Crippen LogP contribution in [-0.2, 0) is 10.0 Å². The van der Waals surface area contributed by atoms with Gasteiger partial charge in [-0.05, 0) is 32.0 Å². The zero-order chi connectivity index (χ0) is 15.8. The number of nitrogens with two attached hydrogens (primary N) is 1. The average molecular weight is 310 g/mol. The van der Waals surface area contributed by atoms with E-state index in [9.17, 15) is 13.2 Å². The number of nitrogen functional groups attached to an aromatic ring is 1. The van der Waals surface area contributed by atoms with Crippen molar-refractivity contribution < 1.29 is 18.3 Å². The number of sulfonamides is 1. The summed E-state index contributed by atoms with van der Waals surface area (Å²) in [6.07, 6.45) is 0. The van der Waals surface area contributed by atoms with Crippen molar-refractivity contribution in [3.63, 3.8) is 0 Å². The lowest BCUT2D eigenvalue weighted by Gasteiger charge is -2.10. The lowest BCUT2D eigenvalue weighted by Crippen LogP contribution is -2.16. The Morgan fingerprint density at radius 2 is 2.05 bits per heavy atom. The van der Waals surface area contributed by atoms with E-state index in [0.29, 0.717) is 17.1 Å². The SMILES string of the molecule is Cc1n[nH]c(C)c1NS(=O)(=O)c1ccc(C(=O)O)cc1N. The first kappa shape index (κ1) is 14.9. The molecule has 0 radical (unpaired) electrons. The number of aromatic carboxylic acids is 1. The monoisotopic (exact) mass is 310 g/mol. The number of benzene rings is 1. The van der Waals surface area contributed by atoms with Crippen molar-refractivity contribution in [1.82, 2.24) is 10.2 Å². The van der Waals surface area contributed by atoms with Gasteiger partial charge in [0.25, 0.3) is 10.0 Å². The normalized spacial score (nSPS) is 11.3. The quantitative estimate of drug-likeness (QED) is 0.624. The molecule has 0 fully saturated rings. The average Bonchev–Trinajstić information content (AvgIpc) is 2.69. The smallest absolute Gasteiger partial charge is 0.335 e. The number of aromatic nitrogens is 2. The van der Waals surface area contributed by atoms with Crippen LogP contribution in [0.25, 0.3) is 0 Å². The fraction of sp³-hybridized carbons (Fsp3) is 0.167. The molecular weight excluding hydrogens is 296 g/mol. The van der Waals surface area contributed by atoms with Crippen molar-refractivity contribution in [2.45, 2.75) is 18.7 Å². The number of hydrogen-bond acceptors (Lipinski definition) is 5. The highest BCUT2D eigenvalue weighted by molar-refractivity contribution is 7.92. The maximum absolute atomic E-state index is 12.3. The van der Waals surface area contributed by atoms with Gasteiger partial charge in [0, 0.05) is 0 Å². The molecule has 1 heterocycles. The Kier molecular flexibility index (Phi) is 3.60. The van der Waals surface area contributed by atoms with E-state index in [1.807, 2.05) is 0 Å². The van der Waals surface area contributed by atoms with Crippen LogP contribution < -0.4 is 10.5 Å². The number of anilines is 2. The van der Waals surface area contributed by atoms with Crippen LogP contribution in [0.1, 0.15) is 21.7 Å². The molecule has 1 aromatic carbocycles. The minimum atomic E-state index is -3.93. The van der Waals surface area contributed by atoms with Crippen molar-refractivity contribution in [1.29, 1.82) is 0 Å². The number of carbonyl (C=O) groups is 1. The van der Waals surface area contributed by atoms with Crippen molar-refractivity contribution >= 4 is 27.4 Å². The number of rotatable bonds is 4. The number of hydrogen-bond donors (Lipinski definition) is 4. The molecule has 2 aromatic rings. The number of carboxylic acids is 1. The van der Waals surface area contributed by atoms with Gasteiger partial charge in [-0.15, -0.1) is 0 Å². The maximum atomic E-state index is 12.3. The molecule has 1 aromatic heterocycles. The summed E-state index contributed by atoms with van der Waals surface area (Å²) in [5, 5.41) is 15.4. The molecule has 0 saturated carbocycles. The Morgan fingerprint density at radius 3 is 2.52 bits per heavy atom. The van der Waals surface area contributed by atoms with E-state index in [0.717, 1.165) is 12.1 Å². The zero-order valence-corrected chi connectivity index (χ0v) is 12.2. The van der Waals surface area contributed by atoms with Gasteiger partial charge in [0.2, 0.25) is 0 Å². The summed E-state index contributed by atoms with van der Waals surface area (Å²) in [7, 11) is -3.93. The summed E-state index contributed by atoms with van der Waals surface area (Å²) in [4.78, 5) is 10.6. The number of aromatic amines is 1. The maximum Gasteiger partial charge on any atom is 0.335 e. The van der Waals surface area contributed by atoms with Gasteiger partial charge in [-0.3, -0.25) is 9.82 Å². The summed E-state index contributed by atoms with van der Waals surface area (Å²) in [6, 6.07) is 3.44. The zero-order valence-electron chi connectivity index (χ0n) is 11.3. The molecule has 0 atom stereocenters. The molecule has 0 aliphatic carbocycles. The van der Waals surface area contributed by atoms with Gasteiger partial charge in [0.15, 0.2) is 0 Å². The van der Waals surface area contributed by atoms with Crippen LogP contribution >= 0.6 is 0 Å². The van der Waals surface area contributed by atoms with Crippen molar-refractivity contribution in [2.75, 3.05) is 10.5 Å². The number of aryl methyl sites for hydroxylation is 2. The molecule has 0 unspecified atom stereocenters. The van der Waals surface area contributed by atoms with Crippen molar-refractivity contribution in [2.24, 2.45) is 0 Å². The van der Waals surface area contributed by atoms with E-state index >= 15 is 0 Å². The second kappa shape index (κ2) is 5.09. The van der Waals surface area contributed by atoms with E-state index in [-0.39, 0.29) is 16.1 Å².